The van der Waals surface area contributed by atoms with Gasteiger partial charge in [-0.2, -0.15) is 0 Å². The molecule has 0 saturated heterocycles. The number of anilines is 1. The van der Waals surface area contributed by atoms with Crippen LogP contribution in [0.15, 0.2) is 18.2 Å². The predicted molar refractivity (Wildman–Crippen MR) is 66.4 cm³/mol. The molecule has 0 aliphatic rings. The zero-order valence-corrected chi connectivity index (χ0v) is 10.6. The molecule has 0 unspecified atom stereocenters. The molecular weight excluding hydrogens is 236 g/mol. The molecule has 0 atom stereocenters. The smallest absolute Gasteiger partial charge is 0.337 e. The summed E-state index contributed by atoms with van der Waals surface area (Å²) in [5.41, 5.74) is 6.37. The van der Waals surface area contributed by atoms with E-state index in [1.165, 1.54) is 30.2 Å². The van der Waals surface area contributed by atoms with Crippen LogP contribution < -0.4 is 10.5 Å². The molecule has 0 aliphatic heterocycles. The van der Waals surface area contributed by atoms with Crippen LogP contribution in [-0.4, -0.2) is 44.6 Å². The van der Waals surface area contributed by atoms with Gasteiger partial charge in [0, 0.05) is 14.1 Å². The summed E-state index contributed by atoms with van der Waals surface area (Å²) >= 11 is 0. The van der Waals surface area contributed by atoms with Crippen LogP contribution in [0.25, 0.3) is 0 Å². The Kier molecular flexibility index (Phi) is 4.53. The molecule has 0 saturated carbocycles. The highest BCUT2D eigenvalue weighted by Crippen LogP contribution is 2.23. The molecule has 0 bridgehead atoms. The third-order valence-corrected chi connectivity index (χ3v) is 2.28. The number of esters is 1. The number of amides is 1. The van der Waals surface area contributed by atoms with E-state index in [2.05, 4.69) is 4.74 Å². The second-order valence-corrected chi connectivity index (χ2v) is 3.82. The lowest BCUT2D eigenvalue weighted by atomic mass is 10.2. The van der Waals surface area contributed by atoms with Crippen molar-refractivity contribution in [2.45, 2.75) is 0 Å². The fourth-order valence-corrected chi connectivity index (χ4v) is 1.17. The van der Waals surface area contributed by atoms with E-state index < -0.39 is 5.97 Å². The summed E-state index contributed by atoms with van der Waals surface area (Å²) in [4.78, 5) is 24.1. The minimum absolute atomic E-state index is 0.137. The predicted octanol–water partition coefficient (Wildman–Crippen LogP) is 0.522. The van der Waals surface area contributed by atoms with Crippen LogP contribution in [0.5, 0.6) is 5.75 Å². The van der Waals surface area contributed by atoms with Gasteiger partial charge in [0.25, 0.3) is 5.91 Å². The fourth-order valence-electron chi connectivity index (χ4n) is 1.17. The van der Waals surface area contributed by atoms with Crippen molar-refractivity contribution in [2.75, 3.05) is 33.5 Å². The van der Waals surface area contributed by atoms with E-state index in [1.807, 2.05) is 0 Å². The van der Waals surface area contributed by atoms with Gasteiger partial charge in [-0.25, -0.2) is 4.79 Å². The average Bonchev–Trinajstić information content (AvgIpc) is 2.36. The van der Waals surface area contributed by atoms with Crippen molar-refractivity contribution in [1.82, 2.24) is 4.90 Å². The topological polar surface area (TPSA) is 81.9 Å². The highest BCUT2D eigenvalue weighted by atomic mass is 16.5. The number of likely N-dealkylation sites (N-methyl/N-ethyl adjacent to an activating group) is 1. The molecule has 0 aliphatic carbocycles. The first kappa shape index (κ1) is 13.8. The molecule has 1 amide bonds. The number of ether oxygens (including phenoxy) is 2. The fraction of sp³-hybridized carbons (Fsp3) is 0.333. The van der Waals surface area contributed by atoms with E-state index in [0.29, 0.717) is 11.3 Å². The standard InChI is InChI=1S/C12H16N2O4/c1-14(2)11(15)7-18-10-6-8(12(16)17-3)4-5-9(10)13/h4-6H,7,13H2,1-3H3. The molecule has 0 aromatic heterocycles. The summed E-state index contributed by atoms with van der Waals surface area (Å²) in [7, 11) is 4.54. The van der Waals surface area contributed by atoms with E-state index in [0.717, 1.165) is 0 Å². The summed E-state index contributed by atoms with van der Waals surface area (Å²) in [5, 5.41) is 0. The third-order valence-electron chi connectivity index (χ3n) is 2.28. The quantitative estimate of drug-likeness (QED) is 0.624. The maximum atomic E-state index is 11.4. The zero-order valence-electron chi connectivity index (χ0n) is 10.6. The lowest BCUT2D eigenvalue weighted by Crippen LogP contribution is -2.27. The molecule has 2 N–H and O–H groups in total. The second-order valence-electron chi connectivity index (χ2n) is 3.82. The number of benzene rings is 1. The van der Waals surface area contributed by atoms with Gasteiger partial charge in [0.05, 0.1) is 18.4 Å². The van der Waals surface area contributed by atoms with Gasteiger partial charge >= 0.3 is 5.97 Å². The molecule has 0 fully saturated rings. The highest BCUT2D eigenvalue weighted by molar-refractivity contribution is 5.90. The molecule has 1 aromatic carbocycles. The first-order valence-corrected chi connectivity index (χ1v) is 5.26. The van der Waals surface area contributed by atoms with Crippen LogP contribution in [0.1, 0.15) is 10.4 Å². The first-order valence-electron chi connectivity index (χ1n) is 5.26. The lowest BCUT2D eigenvalue weighted by Gasteiger charge is -2.13. The molecule has 98 valence electrons. The number of hydrogen-bond acceptors (Lipinski definition) is 5. The van der Waals surface area contributed by atoms with E-state index in [-0.39, 0.29) is 18.3 Å². The number of nitrogens with zero attached hydrogens (tertiary/aromatic N) is 1. The Bertz CT molecular complexity index is 457. The van der Waals surface area contributed by atoms with Crippen LogP contribution >= 0.6 is 0 Å². The van der Waals surface area contributed by atoms with E-state index in [9.17, 15) is 9.59 Å². The van der Waals surface area contributed by atoms with Crippen molar-refractivity contribution in [1.29, 1.82) is 0 Å². The summed E-state index contributed by atoms with van der Waals surface area (Å²) in [6, 6.07) is 4.51. The Hall–Kier alpha value is -2.24. The van der Waals surface area contributed by atoms with Crippen molar-refractivity contribution in [2.24, 2.45) is 0 Å². The Labute approximate surface area is 105 Å². The molecular formula is C12H16N2O4. The normalized spacial score (nSPS) is 9.72. The van der Waals surface area contributed by atoms with Gasteiger partial charge in [-0.15, -0.1) is 0 Å². The van der Waals surface area contributed by atoms with Crippen molar-refractivity contribution < 1.29 is 19.1 Å². The Morgan fingerprint density at radius 2 is 2.00 bits per heavy atom. The van der Waals surface area contributed by atoms with Crippen molar-refractivity contribution in [3.05, 3.63) is 23.8 Å². The number of carbonyl (C=O) groups is 2. The minimum Gasteiger partial charge on any atom is -0.482 e. The maximum absolute atomic E-state index is 11.4. The van der Waals surface area contributed by atoms with Gasteiger partial charge in [0.15, 0.2) is 6.61 Å². The zero-order chi connectivity index (χ0) is 13.7. The highest BCUT2D eigenvalue weighted by Gasteiger charge is 2.11. The monoisotopic (exact) mass is 252 g/mol. The molecule has 0 heterocycles. The van der Waals surface area contributed by atoms with Crippen LogP contribution in [0, 0.1) is 0 Å². The first-order chi connectivity index (χ1) is 8.45. The van der Waals surface area contributed by atoms with Crippen molar-refractivity contribution >= 4 is 17.6 Å². The maximum Gasteiger partial charge on any atom is 0.337 e. The largest absolute Gasteiger partial charge is 0.482 e. The second kappa shape index (κ2) is 5.90. The number of nitrogen functional groups attached to an aromatic ring is 1. The van der Waals surface area contributed by atoms with Gasteiger partial charge < -0.3 is 20.1 Å². The minimum atomic E-state index is -0.487. The van der Waals surface area contributed by atoms with Crippen LogP contribution in [-0.2, 0) is 9.53 Å². The van der Waals surface area contributed by atoms with Gasteiger partial charge in [0.1, 0.15) is 5.75 Å². The van der Waals surface area contributed by atoms with E-state index >= 15 is 0 Å². The van der Waals surface area contributed by atoms with Crippen molar-refractivity contribution in [3.8, 4) is 5.75 Å². The van der Waals surface area contributed by atoms with E-state index in [1.54, 1.807) is 14.1 Å². The van der Waals surface area contributed by atoms with Crippen LogP contribution in [0.4, 0.5) is 5.69 Å². The summed E-state index contributed by atoms with van der Waals surface area (Å²) in [6.07, 6.45) is 0. The Balaban J connectivity index is 2.82. The van der Waals surface area contributed by atoms with Gasteiger partial charge in [0.2, 0.25) is 0 Å². The lowest BCUT2D eigenvalue weighted by molar-refractivity contribution is -0.130. The molecule has 1 aromatic rings. The number of methoxy groups -OCH3 is 1. The van der Waals surface area contributed by atoms with Crippen molar-refractivity contribution in [3.63, 3.8) is 0 Å². The van der Waals surface area contributed by atoms with Crippen LogP contribution in [0.3, 0.4) is 0 Å². The molecule has 0 radical (unpaired) electrons. The molecule has 1 rings (SSSR count). The Morgan fingerprint density at radius 1 is 1.33 bits per heavy atom. The third kappa shape index (κ3) is 3.38. The number of nitrogens with two attached hydrogens (primary N) is 1. The molecule has 0 spiro atoms. The van der Waals surface area contributed by atoms with Crippen LogP contribution in [0.2, 0.25) is 0 Å². The average molecular weight is 252 g/mol. The molecule has 6 nitrogen and oxygen atoms in total. The van der Waals surface area contributed by atoms with Gasteiger partial charge in [-0.1, -0.05) is 0 Å². The molecule has 6 heteroatoms. The summed E-state index contributed by atoms with van der Waals surface area (Å²) in [5.74, 6) is -0.398. The van der Waals surface area contributed by atoms with Gasteiger partial charge in [-0.05, 0) is 18.2 Å². The van der Waals surface area contributed by atoms with Gasteiger partial charge in [-0.3, -0.25) is 4.79 Å². The summed E-state index contributed by atoms with van der Waals surface area (Å²) in [6.45, 7) is -0.137. The van der Waals surface area contributed by atoms with E-state index in [4.69, 9.17) is 10.5 Å². The number of rotatable bonds is 4. The number of carbonyl (C=O) groups excluding carboxylic acids is 2. The Morgan fingerprint density at radius 3 is 2.56 bits per heavy atom. The number of hydrogen-bond donors (Lipinski definition) is 1. The summed E-state index contributed by atoms with van der Waals surface area (Å²) < 4.78 is 9.86. The SMILES string of the molecule is COC(=O)c1ccc(N)c(OCC(=O)N(C)C)c1. The molecule has 18 heavy (non-hydrogen) atoms.